The molecule has 4 nitrogen and oxygen atoms in total. The lowest BCUT2D eigenvalue weighted by Crippen LogP contribution is -2.18. The second-order valence-corrected chi connectivity index (χ2v) is 3.99. The van der Waals surface area contributed by atoms with Crippen LogP contribution in [0.3, 0.4) is 0 Å². The van der Waals surface area contributed by atoms with E-state index in [1.54, 1.807) is 12.1 Å². The van der Waals surface area contributed by atoms with Gasteiger partial charge in [-0.2, -0.15) is 0 Å². The van der Waals surface area contributed by atoms with Gasteiger partial charge < -0.3 is 10.4 Å². The number of aromatic carboxylic acids is 1. The Hall–Kier alpha value is -1.58. The highest BCUT2D eigenvalue weighted by Gasteiger charge is 2.13. The number of nitrogens with one attached hydrogen (secondary N) is 1. The van der Waals surface area contributed by atoms with E-state index in [2.05, 4.69) is 17.2 Å². The molecular formula is C12H18N2O2. The molecule has 0 saturated carbocycles. The summed E-state index contributed by atoms with van der Waals surface area (Å²) in [4.78, 5) is 15.2. The Labute approximate surface area is 95.7 Å². The van der Waals surface area contributed by atoms with Crippen molar-refractivity contribution in [3.05, 3.63) is 23.4 Å². The van der Waals surface area contributed by atoms with Crippen molar-refractivity contribution < 1.29 is 9.90 Å². The fraction of sp³-hybridized carbons (Fsp3) is 0.500. The van der Waals surface area contributed by atoms with E-state index in [-0.39, 0.29) is 11.6 Å². The highest BCUT2D eigenvalue weighted by molar-refractivity contribution is 5.93. The number of carboxylic acid groups (broad SMARTS) is 1. The number of anilines is 1. The molecule has 0 radical (unpaired) electrons. The fourth-order valence-corrected chi connectivity index (χ4v) is 1.58. The maximum absolute atomic E-state index is 11.0. The van der Waals surface area contributed by atoms with Gasteiger partial charge in [-0.15, -0.1) is 0 Å². The zero-order valence-corrected chi connectivity index (χ0v) is 9.95. The molecule has 0 bridgehead atoms. The standard InChI is InChI=1S/C12H18N2O2/c1-4-5-8(2)13-11-10(12(15)16)7-6-9(3)14-11/h6-8H,4-5H2,1-3H3,(H,13,14)(H,15,16). The molecule has 0 saturated heterocycles. The lowest BCUT2D eigenvalue weighted by molar-refractivity contribution is 0.0697. The lowest BCUT2D eigenvalue weighted by atomic mass is 10.1. The van der Waals surface area contributed by atoms with Gasteiger partial charge in [0, 0.05) is 11.7 Å². The van der Waals surface area contributed by atoms with Crippen LogP contribution >= 0.6 is 0 Å². The molecule has 0 aliphatic carbocycles. The Kier molecular flexibility index (Phi) is 4.28. The van der Waals surface area contributed by atoms with Crippen LogP contribution in [-0.4, -0.2) is 22.1 Å². The number of aryl methyl sites for hydroxylation is 1. The number of nitrogens with zero attached hydrogens (tertiary/aromatic N) is 1. The van der Waals surface area contributed by atoms with Gasteiger partial charge >= 0.3 is 5.97 Å². The Balaban J connectivity index is 2.92. The van der Waals surface area contributed by atoms with Gasteiger partial charge in [0.15, 0.2) is 0 Å². The van der Waals surface area contributed by atoms with Crippen LogP contribution < -0.4 is 5.32 Å². The lowest BCUT2D eigenvalue weighted by Gasteiger charge is -2.15. The maximum Gasteiger partial charge on any atom is 0.339 e. The van der Waals surface area contributed by atoms with Gasteiger partial charge in [0.1, 0.15) is 11.4 Å². The minimum absolute atomic E-state index is 0.230. The Morgan fingerprint density at radius 2 is 2.25 bits per heavy atom. The van der Waals surface area contributed by atoms with Crippen molar-refractivity contribution in [1.82, 2.24) is 4.98 Å². The Bertz CT molecular complexity index is 377. The molecule has 0 fully saturated rings. The molecule has 2 N–H and O–H groups in total. The first-order valence-corrected chi connectivity index (χ1v) is 5.52. The monoisotopic (exact) mass is 222 g/mol. The first kappa shape index (κ1) is 12.5. The third kappa shape index (κ3) is 3.22. The molecule has 0 aromatic carbocycles. The van der Waals surface area contributed by atoms with E-state index < -0.39 is 5.97 Å². The highest BCUT2D eigenvalue weighted by atomic mass is 16.4. The zero-order valence-electron chi connectivity index (χ0n) is 9.95. The van der Waals surface area contributed by atoms with Gasteiger partial charge in [-0.3, -0.25) is 0 Å². The van der Waals surface area contributed by atoms with E-state index in [0.717, 1.165) is 18.5 Å². The molecule has 4 heteroatoms. The van der Waals surface area contributed by atoms with E-state index in [4.69, 9.17) is 5.11 Å². The second kappa shape index (κ2) is 5.49. The SMILES string of the molecule is CCCC(C)Nc1nc(C)ccc1C(=O)O. The molecule has 1 rings (SSSR count). The third-order valence-electron chi connectivity index (χ3n) is 2.37. The van der Waals surface area contributed by atoms with Crippen molar-refractivity contribution in [2.75, 3.05) is 5.32 Å². The summed E-state index contributed by atoms with van der Waals surface area (Å²) in [5.74, 6) is -0.479. The molecule has 0 aliphatic heterocycles. The number of carbonyl (C=O) groups is 1. The van der Waals surface area contributed by atoms with Crippen molar-refractivity contribution in [3.63, 3.8) is 0 Å². The van der Waals surface area contributed by atoms with Gasteiger partial charge in [-0.05, 0) is 32.4 Å². The van der Waals surface area contributed by atoms with Crippen LogP contribution in [0, 0.1) is 6.92 Å². The third-order valence-corrected chi connectivity index (χ3v) is 2.37. The largest absolute Gasteiger partial charge is 0.478 e. The summed E-state index contributed by atoms with van der Waals surface area (Å²) in [6, 6.07) is 3.53. The van der Waals surface area contributed by atoms with Crippen molar-refractivity contribution in [3.8, 4) is 0 Å². The number of hydrogen-bond donors (Lipinski definition) is 2. The molecule has 0 aliphatic rings. The van der Waals surface area contributed by atoms with Crippen LogP contribution in [0.4, 0.5) is 5.82 Å². The van der Waals surface area contributed by atoms with E-state index in [0.29, 0.717) is 5.82 Å². The summed E-state index contributed by atoms with van der Waals surface area (Å²) in [7, 11) is 0. The van der Waals surface area contributed by atoms with Crippen molar-refractivity contribution in [2.45, 2.75) is 39.7 Å². The zero-order chi connectivity index (χ0) is 12.1. The number of pyridine rings is 1. The predicted octanol–water partition coefficient (Wildman–Crippen LogP) is 2.69. The average molecular weight is 222 g/mol. The Morgan fingerprint density at radius 1 is 1.56 bits per heavy atom. The molecule has 0 spiro atoms. The maximum atomic E-state index is 11.0. The predicted molar refractivity (Wildman–Crippen MR) is 63.9 cm³/mol. The molecular weight excluding hydrogens is 204 g/mol. The highest BCUT2D eigenvalue weighted by Crippen LogP contribution is 2.15. The number of aromatic nitrogens is 1. The minimum Gasteiger partial charge on any atom is -0.478 e. The molecule has 16 heavy (non-hydrogen) atoms. The number of carboxylic acids is 1. The summed E-state index contributed by atoms with van der Waals surface area (Å²) >= 11 is 0. The summed E-state index contributed by atoms with van der Waals surface area (Å²) in [5, 5.41) is 12.2. The van der Waals surface area contributed by atoms with Gasteiger partial charge in [-0.1, -0.05) is 13.3 Å². The molecule has 1 aromatic heterocycles. The molecule has 1 aromatic rings. The summed E-state index contributed by atoms with van der Waals surface area (Å²) in [6.07, 6.45) is 2.05. The number of rotatable bonds is 5. The average Bonchev–Trinajstić information content (AvgIpc) is 2.17. The van der Waals surface area contributed by atoms with Gasteiger partial charge in [0.05, 0.1) is 0 Å². The summed E-state index contributed by atoms with van der Waals surface area (Å²) < 4.78 is 0. The van der Waals surface area contributed by atoms with Crippen LogP contribution in [0.5, 0.6) is 0 Å². The number of hydrogen-bond acceptors (Lipinski definition) is 3. The molecule has 1 heterocycles. The van der Waals surface area contributed by atoms with Crippen molar-refractivity contribution in [1.29, 1.82) is 0 Å². The minimum atomic E-state index is -0.946. The van der Waals surface area contributed by atoms with Crippen LogP contribution in [0.1, 0.15) is 42.7 Å². The first-order chi connectivity index (χ1) is 7.54. The summed E-state index contributed by atoms with van der Waals surface area (Å²) in [5.41, 5.74) is 1.05. The van der Waals surface area contributed by atoms with Crippen LogP contribution in [-0.2, 0) is 0 Å². The second-order valence-electron chi connectivity index (χ2n) is 3.99. The van der Waals surface area contributed by atoms with Gasteiger partial charge in [0.2, 0.25) is 0 Å². The topological polar surface area (TPSA) is 62.2 Å². The molecule has 0 amide bonds. The fourth-order valence-electron chi connectivity index (χ4n) is 1.58. The smallest absolute Gasteiger partial charge is 0.339 e. The van der Waals surface area contributed by atoms with Gasteiger partial charge in [0.25, 0.3) is 0 Å². The van der Waals surface area contributed by atoms with Crippen LogP contribution in [0.15, 0.2) is 12.1 Å². The van der Waals surface area contributed by atoms with Gasteiger partial charge in [-0.25, -0.2) is 9.78 Å². The first-order valence-electron chi connectivity index (χ1n) is 5.52. The van der Waals surface area contributed by atoms with Crippen molar-refractivity contribution >= 4 is 11.8 Å². The van der Waals surface area contributed by atoms with Crippen molar-refractivity contribution in [2.24, 2.45) is 0 Å². The quantitative estimate of drug-likeness (QED) is 0.804. The molecule has 1 unspecified atom stereocenters. The van der Waals surface area contributed by atoms with E-state index >= 15 is 0 Å². The normalized spacial score (nSPS) is 12.2. The van der Waals surface area contributed by atoms with E-state index in [1.807, 2.05) is 13.8 Å². The molecule has 88 valence electrons. The van der Waals surface area contributed by atoms with Crippen LogP contribution in [0.2, 0.25) is 0 Å². The van der Waals surface area contributed by atoms with Crippen LogP contribution in [0.25, 0.3) is 0 Å². The summed E-state index contributed by atoms with van der Waals surface area (Å²) in [6.45, 7) is 5.97. The Morgan fingerprint density at radius 3 is 2.81 bits per heavy atom. The van der Waals surface area contributed by atoms with E-state index in [1.165, 1.54) is 0 Å². The van der Waals surface area contributed by atoms with E-state index in [9.17, 15) is 4.79 Å². The molecule has 1 atom stereocenters.